The molecule has 0 aromatic heterocycles. The van der Waals surface area contributed by atoms with E-state index in [2.05, 4.69) is 29.6 Å². The summed E-state index contributed by atoms with van der Waals surface area (Å²) in [6.45, 7) is 2.18. The quantitative estimate of drug-likeness (QED) is 0.860. The van der Waals surface area contributed by atoms with Gasteiger partial charge in [-0.1, -0.05) is 41.9 Å². The lowest BCUT2D eigenvalue weighted by Crippen LogP contribution is -2.07. The van der Waals surface area contributed by atoms with Gasteiger partial charge < -0.3 is 5.32 Å². The van der Waals surface area contributed by atoms with Crippen molar-refractivity contribution in [1.29, 1.82) is 0 Å². The molecule has 1 radical (unpaired) electrons. The van der Waals surface area contributed by atoms with Crippen LogP contribution in [0.4, 0.5) is 0 Å². The van der Waals surface area contributed by atoms with Gasteiger partial charge >= 0.3 is 0 Å². The van der Waals surface area contributed by atoms with Gasteiger partial charge in [-0.3, -0.25) is 0 Å². The Morgan fingerprint density at radius 1 is 1.22 bits per heavy atom. The van der Waals surface area contributed by atoms with Gasteiger partial charge in [-0.2, -0.15) is 0 Å². The third kappa shape index (κ3) is 2.29. The van der Waals surface area contributed by atoms with E-state index in [1.165, 1.54) is 12.0 Å². The monoisotopic (exact) mass is 256 g/mol. The summed E-state index contributed by atoms with van der Waals surface area (Å²) in [6.07, 6.45) is 1.21. The molecule has 2 aromatic rings. The van der Waals surface area contributed by atoms with E-state index >= 15 is 0 Å². The van der Waals surface area contributed by atoms with Crippen LogP contribution in [0.2, 0.25) is 5.02 Å². The smallest absolute Gasteiger partial charge is 0.0484 e. The fourth-order valence-electron chi connectivity index (χ4n) is 2.52. The van der Waals surface area contributed by atoms with E-state index in [-0.39, 0.29) is 0 Å². The molecule has 1 fully saturated rings. The summed E-state index contributed by atoms with van der Waals surface area (Å²) in [5.41, 5.74) is 3.60. The van der Waals surface area contributed by atoms with Crippen LogP contribution in [-0.4, -0.2) is 13.1 Å². The van der Waals surface area contributed by atoms with Crippen LogP contribution < -0.4 is 5.32 Å². The molecule has 0 bridgehead atoms. The largest absolute Gasteiger partial charge is 0.316 e. The van der Waals surface area contributed by atoms with Crippen LogP contribution in [0.25, 0.3) is 11.1 Å². The number of hydrogen-bond acceptors (Lipinski definition) is 1. The third-order valence-electron chi connectivity index (χ3n) is 3.53. The summed E-state index contributed by atoms with van der Waals surface area (Å²) in [4.78, 5) is 0. The normalized spacial score (nSPS) is 19.1. The fourth-order valence-corrected chi connectivity index (χ4v) is 2.76. The molecule has 1 saturated heterocycles. The Hall–Kier alpha value is -1.31. The highest BCUT2D eigenvalue weighted by atomic mass is 35.5. The Morgan fingerprint density at radius 3 is 2.89 bits per heavy atom. The van der Waals surface area contributed by atoms with Crippen molar-refractivity contribution in [2.24, 2.45) is 0 Å². The van der Waals surface area contributed by atoms with Gasteiger partial charge in [0.25, 0.3) is 0 Å². The maximum Gasteiger partial charge on any atom is 0.0484 e. The lowest BCUT2D eigenvalue weighted by molar-refractivity contribution is 0.763. The summed E-state index contributed by atoms with van der Waals surface area (Å²) in [5.74, 6) is 0.615. The molecule has 1 atom stereocenters. The molecule has 1 heterocycles. The summed E-state index contributed by atoms with van der Waals surface area (Å²) in [7, 11) is 0. The van der Waals surface area contributed by atoms with Gasteiger partial charge in [0, 0.05) is 17.1 Å². The first-order chi connectivity index (χ1) is 8.84. The van der Waals surface area contributed by atoms with Crippen molar-refractivity contribution in [2.75, 3.05) is 13.1 Å². The van der Waals surface area contributed by atoms with Crippen LogP contribution in [0, 0.1) is 6.07 Å². The molecular weight excluding hydrogens is 242 g/mol. The summed E-state index contributed by atoms with van der Waals surface area (Å²) in [5, 5.41) is 4.20. The predicted octanol–water partition coefficient (Wildman–Crippen LogP) is 3.88. The van der Waals surface area contributed by atoms with E-state index in [4.69, 9.17) is 11.6 Å². The molecule has 18 heavy (non-hydrogen) atoms. The molecule has 91 valence electrons. The second kappa shape index (κ2) is 5.13. The van der Waals surface area contributed by atoms with E-state index in [1.807, 2.05) is 24.3 Å². The van der Waals surface area contributed by atoms with Crippen molar-refractivity contribution in [3.05, 3.63) is 59.1 Å². The zero-order chi connectivity index (χ0) is 12.4. The highest BCUT2D eigenvalue weighted by Gasteiger charge is 2.17. The summed E-state index contributed by atoms with van der Waals surface area (Å²) >= 11 is 6.24. The molecular formula is C16H15ClN. The number of halogens is 1. The van der Waals surface area contributed by atoms with Crippen molar-refractivity contribution in [1.82, 2.24) is 5.32 Å². The van der Waals surface area contributed by atoms with Crippen LogP contribution in [0.3, 0.4) is 0 Å². The lowest BCUT2D eigenvalue weighted by atomic mass is 9.94. The standard InChI is InChI=1S/C16H15ClN/c17-16-7-2-1-6-15(16)13-5-3-4-12(10-13)14-8-9-18-11-14/h1-2,4-7,10,14,18H,8-9,11H2. The second-order valence-electron chi connectivity index (χ2n) is 4.72. The minimum atomic E-state index is 0.615. The van der Waals surface area contributed by atoms with Gasteiger partial charge in [0.2, 0.25) is 0 Å². The first kappa shape index (κ1) is 11.8. The number of benzene rings is 2. The highest BCUT2D eigenvalue weighted by Crippen LogP contribution is 2.30. The third-order valence-corrected chi connectivity index (χ3v) is 3.86. The van der Waals surface area contributed by atoms with Crippen molar-refractivity contribution < 1.29 is 0 Å². The van der Waals surface area contributed by atoms with Crippen molar-refractivity contribution in [2.45, 2.75) is 12.3 Å². The van der Waals surface area contributed by atoms with Crippen LogP contribution in [0.15, 0.2) is 42.5 Å². The van der Waals surface area contributed by atoms with Crippen LogP contribution in [0.1, 0.15) is 17.9 Å². The van der Waals surface area contributed by atoms with Crippen molar-refractivity contribution >= 4 is 11.6 Å². The maximum absolute atomic E-state index is 6.24. The Bertz CT molecular complexity index is 544. The lowest BCUT2D eigenvalue weighted by Gasteiger charge is -2.11. The molecule has 1 unspecified atom stereocenters. The van der Waals surface area contributed by atoms with Gasteiger partial charge in [-0.25, -0.2) is 0 Å². The SMILES string of the molecule is Clc1ccccc1-c1c[c]cc(C2CCNC2)c1. The van der Waals surface area contributed by atoms with Crippen LogP contribution in [-0.2, 0) is 0 Å². The van der Waals surface area contributed by atoms with Crippen LogP contribution >= 0.6 is 11.6 Å². The molecule has 1 nitrogen and oxygen atoms in total. The Balaban J connectivity index is 1.98. The van der Waals surface area contributed by atoms with E-state index in [9.17, 15) is 0 Å². The summed E-state index contributed by atoms with van der Waals surface area (Å²) < 4.78 is 0. The minimum absolute atomic E-state index is 0.615. The summed E-state index contributed by atoms with van der Waals surface area (Å²) in [6, 6.07) is 17.6. The second-order valence-corrected chi connectivity index (χ2v) is 5.13. The van der Waals surface area contributed by atoms with Gasteiger partial charge in [0.05, 0.1) is 0 Å². The molecule has 0 aliphatic carbocycles. The first-order valence-corrected chi connectivity index (χ1v) is 6.69. The van der Waals surface area contributed by atoms with Gasteiger partial charge in [0.15, 0.2) is 0 Å². The predicted molar refractivity (Wildman–Crippen MR) is 76.0 cm³/mol. The van der Waals surface area contributed by atoms with E-state index < -0.39 is 0 Å². The average Bonchev–Trinajstić information content (AvgIpc) is 2.93. The molecule has 0 saturated carbocycles. The van der Waals surface area contributed by atoms with Crippen molar-refractivity contribution in [3.8, 4) is 11.1 Å². The van der Waals surface area contributed by atoms with E-state index in [0.29, 0.717) is 5.92 Å². The molecule has 1 aliphatic rings. The Labute approximate surface area is 113 Å². The van der Waals surface area contributed by atoms with Gasteiger partial charge in [0.1, 0.15) is 0 Å². The molecule has 2 heteroatoms. The van der Waals surface area contributed by atoms with Gasteiger partial charge in [-0.15, -0.1) is 0 Å². The van der Waals surface area contributed by atoms with Crippen LogP contribution in [0.5, 0.6) is 0 Å². The van der Waals surface area contributed by atoms with Gasteiger partial charge in [-0.05, 0) is 48.2 Å². The number of hydrogen-bond donors (Lipinski definition) is 1. The first-order valence-electron chi connectivity index (χ1n) is 6.31. The highest BCUT2D eigenvalue weighted by molar-refractivity contribution is 6.33. The number of nitrogens with one attached hydrogen (secondary N) is 1. The molecule has 1 N–H and O–H groups in total. The topological polar surface area (TPSA) is 12.0 Å². The molecule has 0 amide bonds. The van der Waals surface area contributed by atoms with E-state index in [0.717, 1.165) is 29.2 Å². The molecule has 3 rings (SSSR count). The fraction of sp³-hybridized carbons (Fsp3) is 0.250. The molecule has 1 aliphatic heterocycles. The molecule has 0 spiro atoms. The Kier molecular flexibility index (Phi) is 3.35. The van der Waals surface area contributed by atoms with E-state index in [1.54, 1.807) is 0 Å². The minimum Gasteiger partial charge on any atom is -0.316 e. The van der Waals surface area contributed by atoms with Crippen molar-refractivity contribution in [3.63, 3.8) is 0 Å². The zero-order valence-electron chi connectivity index (χ0n) is 10.1. The maximum atomic E-state index is 6.24. The molecule has 2 aromatic carbocycles. The average molecular weight is 257 g/mol. The number of rotatable bonds is 2. The zero-order valence-corrected chi connectivity index (χ0v) is 10.9. The Morgan fingerprint density at radius 2 is 2.11 bits per heavy atom.